The number of ether oxygens (including phenoxy) is 1. The predicted octanol–water partition coefficient (Wildman–Crippen LogP) is -1.00. The summed E-state index contributed by atoms with van der Waals surface area (Å²) in [4.78, 5) is 0. The van der Waals surface area contributed by atoms with Crippen molar-refractivity contribution >= 4 is 10.0 Å². The zero-order valence-corrected chi connectivity index (χ0v) is 8.59. The van der Waals surface area contributed by atoms with Crippen LogP contribution in [0.5, 0.6) is 0 Å². The molecule has 1 atom stereocenters. The van der Waals surface area contributed by atoms with E-state index in [4.69, 9.17) is 10.5 Å². The lowest BCUT2D eigenvalue weighted by molar-refractivity contribution is 0.0727. The van der Waals surface area contributed by atoms with E-state index < -0.39 is 15.3 Å². The maximum Gasteiger partial charge on any atom is 0.218 e. The van der Waals surface area contributed by atoms with Crippen molar-refractivity contribution in [2.45, 2.75) is 12.2 Å². The van der Waals surface area contributed by atoms with Crippen molar-refractivity contribution in [2.24, 2.45) is 5.73 Å². The molecule has 0 aromatic heterocycles. The van der Waals surface area contributed by atoms with Gasteiger partial charge in [0.05, 0.1) is 18.5 Å². The van der Waals surface area contributed by atoms with Gasteiger partial charge in [-0.05, 0) is 6.92 Å². The Bertz CT molecular complexity index is 246. The van der Waals surface area contributed by atoms with E-state index in [0.29, 0.717) is 26.3 Å². The Labute approximate surface area is 78.9 Å². The molecule has 0 amide bonds. The van der Waals surface area contributed by atoms with E-state index in [1.165, 1.54) is 4.31 Å². The topological polar surface area (TPSA) is 72.6 Å². The molecule has 13 heavy (non-hydrogen) atoms. The fourth-order valence-corrected chi connectivity index (χ4v) is 2.59. The molecule has 78 valence electrons. The highest BCUT2D eigenvalue weighted by Gasteiger charge is 2.28. The van der Waals surface area contributed by atoms with Crippen LogP contribution in [0, 0.1) is 0 Å². The first-order valence-electron chi connectivity index (χ1n) is 4.36. The minimum absolute atomic E-state index is 0.166. The molecule has 2 N–H and O–H groups in total. The summed E-state index contributed by atoms with van der Waals surface area (Å²) in [6.45, 7) is 3.66. The largest absolute Gasteiger partial charge is 0.379 e. The Morgan fingerprint density at radius 3 is 2.46 bits per heavy atom. The van der Waals surface area contributed by atoms with Crippen LogP contribution < -0.4 is 5.73 Å². The minimum atomic E-state index is -3.18. The van der Waals surface area contributed by atoms with Gasteiger partial charge in [0.15, 0.2) is 0 Å². The van der Waals surface area contributed by atoms with Gasteiger partial charge in [0.2, 0.25) is 10.0 Å². The van der Waals surface area contributed by atoms with Gasteiger partial charge in [0.25, 0.3) is 0 Å². The van der Waals surface area contributed by atoms with E-state index in [1.54, 1.807) is 6.92 Å². The van der Waals surface area contributed by atoms with Gasteiger partial charge in [-0.3, -0.25) is 0 Å². The summed E-state index contributed by atoms with van der Waals surface area (Å²) in [5, 5.41) is -0.495. The van der Waals surface area contributed by atoms with Crippen LogP contribution in [0.4, 0.5) is 0 Å². The van der Waals surface area contributed by atoms with Crippen molar-refractivity contribution in [2.75, 3.05) is 32.8 Å². The number of nitrogens with two attached hydrogens (primary N) is 1. The minimum Gasteiger partial charge on any atom is -0.379 e. The summed E-state index contributed by atoms with van der Waals surface area (Å²) in [6, 6.07) is 0. The van der Waals surface area contributed by atoms with Crippen LogP contribution in [0.3, 0.4) is 0 Å². The normalized spacial score (nSPS) is 22.9. The van der Waals surface area contributed by atoms with Gasteiger partial charge < -0.3 is 10.5 Å². The van der Waals surface area contributed by atoms with Crippen LogP contribution in [0.2, 0.25) is 0 Å². The third-order valence-corrected chi connectivity index (χ3v) is 4.46. The number of sulfonamides is 1. The Morgan fingerprint density at radius 2 is 2.00 bits per heavy atom. The molecule has 1 aliphatic rings. The van der Waals surface area contributed by atoms with Crippen molar-refractivity contribution < 1.29 is 13.2 Å². The maximum atomic E-state index is 11.7. The van der Waals surface area contributed by atoms with Gasteiger partial charge in [-0.15, -0.1) is 0 Å². The third-order valence-electron chi connectivity index (χ3n) is 2.17. The highest BCUT2D eigenvalue weighted by Crippen LogP contribution is 2.10. The van der Waals surface area contributed by atoms with Gasteiger partial charge in [0, 0.05) is 19.6 Å². The van der Waals surface area contributed by atoms with E-state index >= 15 is 0 Å². The van der Waals surface area contributed by atoms with Crippen molar-refractivity contribution in [3.8, 4) is 0 Å². The lowest BCUT2D eigenvalue weighted by Crippen LogP contribution is -2.46. The Kier molecular flexibility index (Phi) is 3.66. The second kappa shape index (κ2) is 4.36. The van der Waals surface area contributed by atoms with Crippen LogP contribution in [-0.4, -0.2) is 50.8 Å². The zero-order valence-electron chi connectivity index (χ0n) is 7.77. The van der Waals surface area contributed by atoms with Crippen molar-refractivity contribution in [1.29, 1.82) is 0 Å². The van der Waals surface area contributed by atoms with E-state index in [-0.39, 0.29) is 6.54 Å². The molecular weight excluding hydrogens is 192 g/mol. The summed E-state index contributed by atoms with van der Waals surface area (Å²) in [5.74, 6) is 0. The van der Waals surface area contributed by atoms with Gasteiger partial charge in [0.1, 0.15) is 0 Å². The average molecular weight is 208 g/mol. The van der Waals surface area contributed by atoms with Crippen LogP contribution in [-0.2, 0) is 14.8 Å². The van der Waals surface area contributed by atoms with E-state index in [9.17, 15) is 8.42 Å². The molecule has 0 bridgehead atoms. The molecule has 6 heteroatoms. The molecule has 1 fully saturated rings. The monoisotopic (exact) mass is 208 g/mol. The average Bonchev–Trinajstić information content (AvgIpc) is 2.18. The summed E-state index contributed by atoms with van der Waals surface area (Å²) in [5.41, 5.74) is 5.33. The van der Waals surface area contributed by atoms with E-state index in [2.05, 4.69) is 0 Å². The van der Waals surface area contributed by atoms with Crippen LogP contribution in [0.15, 0.2) is 0 Å². The first-order valence-corrected chi connectivity index (χ1v) is 5.86. The summed E-state index contributed by atoms with van der Waals surface area (Å²) in [7, 11) is -3.18. The Morgan fingerprint density at radius 1 is 1.46 bits per heavy atom. The number of rotatable bonds is 3. The van der Waals surface area contributed by atoms with E-state index in [0.717, 1.165) is 0 Å². The molecule has 0 radical (unpaired) electrons. The quantitative estimate of drug-likeness (QED) is 0.645. The molecule has 0 aliphatic carbocycles. The summed E-state index contributed by atoms with van der Waals surface area (Å²) >= 11 is 0. The second-order valence-corrected chi connectivity index (χ2v) is 5.45. The smallest absolute Gasteiger partial charge is 0.218 e. The number of morpholine rings is 1. The van der Waals surface area contributed by atoms with Crippen molar-refractivity contribution in [3.05, 3.63) is 0 Å². The van der Waals surface area contributed by atoms with Crippen LogP contribution >= 0.6 is 0 Å². The fourth-order valence-electron chi connectivity index (χ4n) is 1.18. The molecule has 0 aromatic rings. The standard InChI is InChI=1S/C7H16N2O3S/c1-7(6-8)13(10,11)9-2-4-12-5-3-9/h7H,2-6,8H2,1H3. The number of hydrogen-bond acceptors (Lipinski definition) is 4. The van der Waals surface area contributed by atoms with Crippen molar-refractivity contribution in [1.82, 2.24) is 4.31 Å². The van der Waals surface area contributed by atoms with Gasteiger partial charge in [-0.25, -0.2) is 8.42 Å². The fraction of sp³-hybridized carbons (Fsp3) is 1.00. The number of nitrogens with zero attached hydrogens (tertiary/aromatic N) is 1. The molecular formula is C7H16N2O3S. The first-order chi connectivity index (χ1) is 6.09. The molecule has 1 heterocycles. The van der Waals surface area contributed by atoms with Gasteiger partial charge in [-0.1, -0.05) is 0 Å². The van der Waals surface area contributed by atoms with Gasteiger partial charge in [-0.2, -0.15) is 4.31 Å². The lowest BCUT2D eigenvalue weighted by Gasteiger charge is -2.28. The molecule has 0 saturated carbocycles. The highest BCUT2D eigenvalue weighted by atomic mass is 32.2. The molecule has 5 nitrogen and oxygen atoms in total. The van der Waals surface area contributed by atoms with Crippen molar-refractivity contribution in [3.63, 3.8) is 0 Å². The highest BCUT2D eigenvalue weighted by molar-refractivity contribution is 7.89. The zero-order chi connectivity index (χ0) is 9.90. The third kappa shape index (κ3) is 2.40. The van der Waals surface area contributed by atoms with Crippen LogP contribution in [0.25, 0.3) is 0 Å². The first kappa shape index (κ1) is 10.9. The lowest BCUT2D eigenvalue weighted by atomic mass is 10.5. The molecule has 1 saturated heterocycles. The predicted molar refractivity (Wildman–Crippen MR) is 49.8 cm³/mol. The number of hydrogen-bond donors (Lipinski definition) is 1. The molecule has 0 aromatic carbocycles. The Balaban J connectivity index is 2.67. The van der Waals surface area contributed by atoms with Gasteiger partial charge >= 0.3 is 0 Å². The Hall–Kier alpha value is -0.170. The summed E-state index contributed by atoms with van der Waals surface area (Å²) in [6.07, 6.45) is 0. The molecule has 1 rings (SSSR count). The SMILES string of the molecule is CC(CN)S(=O)(=O)N1CCOCC1. The van der Waals surface area contributed by atoms with Crippen LogP contribution in [0.1, 0.15) is 6.92 Å². The molecule has 1 unspecified atom stereocenters. The summed E-state index contributed by atoms with van der Waals surface area (Å²) < 4.78 is 29.9. The second-order valence-electron chi connectivity index (χ2n) is 3.10. The molecule has 1 aliphatic heterocycles. The molecule has 0 spiro atoms. The van der Waals surface area contributed by atoms with E-state index in [1.807, 2.05) is 0 Å². The maximum absolute atomic E-state index is 11.7.